The minimum atomic E-state index is 0.0691. The Bertz CT molecular complexity index is 671. The Morgan fingerprint density at radius 1 is 1.52 bits per heavy atom. The Balaban J connectivity index is 1.77. The van der Waals surface area contributed by atoms with Crippen LogP contribution >= 0.6 is 0 Å². The fourth-order valence-electron chi connectivity index (χ4n) is 2.85. The van der Waals surface area contributed by atoms with Gasteiger partial charge in [-0.15, -0.1) is 0 Å². The minimum Gasteiger partial charge on any atom is -0.479 e. The third-order valence-electron chi connectivity index (χ3n) is 3.85. The summed E-state index contributed by atoms with van der Waals surface area (Å²) in [6, 6.07) is 10.0. The summed E-state index contributed by atoms with van der Waals surface area (Å²) >= 11 is 0. The van der Waals surface area contributed by atoms with Crippen LogP contribution in [0.4, 0.5) is 5.69 Å². The largest absolute Gasteiger partial charge is 0.479 e. The van der Waals surface area contributed by atoms with Crippen molar-refractivity contribution in [3.63, 3.8) is 0 Å². The molecule has 1 heterocycles. The highest BCUT2D eigenvalue weighted by atomic mass is 16.5. The van der Waals surface area contributed by atoms with Gasteiger partial charge in [0, 0.05) is 30.1 Å². The molecular formula is C16H18N4O. The van der Waals surface area contributed by atoms with E-state index in [2.05, 4.69) is 10.4 Å². The summed E-state index contributed by atoms with van der Waals surface area (Å²) in [6.45, 7) is 0.0691. The van der Waals surface area contributed by atoms with Crippen molar-refractivity contribution in [2.75, 3.05) is 11.9 Å². The first-order chi connectivity index (χ1) is 10.3. The molecule has 0 amide bonds. The number of benzene rings is 1. The van der Waals surface area contributed by atoms with Crippen LogP contribution in [0.2, 0.25) is 0 Å². The molecule has 1 aliphatic rings. The number of aryl methyl sites for hydroxylation is 1. The van der Waals surface area contributed by atoms with Crippen LogP contribution in [0.3, 0.4) is 0 Å². The second kappa shape index (κ2) is 5.88. The van der Waals surface area contributed by atoms with Crippen molar-refractivity contribution in [3.05, 3.63) is 41.7 Å². The summed E-state index contributed by atoms with van der Waals surface area (Å²) in [4.78, 5) is 0. The molecule has 0 spiro atoms. The van der Waals surface area contributed by atoms with E-state index in [0.717, 1.165) is 24.9 Å². The first-order valence-electron chi connectivity index (χ1n) is 7.15. The van der Waals surface area contributed by atoms with Gasteiger partial charge in [0.1, 0.15) is 11.8 Å². The molecule has 5 heteroatoms. The fourth-order valence-corrected chi connectivity index (χ4v) is 2.85. The van der Waals surface area contributed by atoms with E-state index < -0.39 is 0 Å². The van der Waals surface area contributed by atoms with Crippen molar-refractivity contribution >= 4 is 5.69 Å². The molecule has 1 atom stereocenters. The number of nitrogens with zero attached hydrogens (tertiary/aromatic N) is 3. The van der Waals surface area contributed by atoms with Crippen LogP contribution in [0.25, 0.3) is 0 Å². The van der Waals surface area contributed by atoms with Gasteiger partial charge in [0.05, 0.1) is 12.2 Å². The maximum Gasteiger partial charge on any atom is 0.174 e. The van der Waals surface area contributed by atoms with Gasteiger partial charge in [0.2, 0.25) is 0 Å². The molecule has 108 valence electrons. The Labute approximate surface area is 124 Å². The molecule has 1 aliphatic carbocycles. The molecule has 0 aliphatic heterocycles. The number of anilines is 1. The van der Waals surface area contributed by atoms with Crippen molar-refractivity contribution in [2.45, 2.75) is 25.3 Å². The van der Waals surface area contributed by atoms with Crippen LogP contribution < -0.4 is 10.1 Å². The predicted octanol–water partition coefficient (Wildman–Crippen LogP) is 2.81. The summed E-state index contributed by atoms with van der Waals surface area (Å²) in [5.41, 5.74) is 3.61. The SMILES string of the molecule is Cn1ncc2c1CCCC2Nc1cccc(OCC#N)c1. The molecule has 0 saturated heterocycles. The van der Waals surface area contributed by atoms with Crippen LogP contribution in [-0.4, -0.2) is 16.4 Å². The smallest absolute Gasteiger partial charge is 0.174 e. The van der Waals surface area contributed by atoms with Crippen LogP contribution in [0, 0.1) is 11.3 Å². The summed E-state index contributed by atoms with van der Waals surface area (Å²) in [5, 5.41) is 16.5. The van der Waals surface area contributed by atoms with Crippen molar-refractivity contribution in [1.82, 2.24) is 9.78 Å². The summed E-state index contributed by atoms with van der Waals surface area (Å²) in [7, 11) is 2.00. The molecule has 0 fully saturated rings. The first-order valence-corrected chi connectivity index (χ1v) is 7.15. The van der Waals surface area contributed by atoms with Gasteiger partial charge in [0.15, 0.2) is 6.61 Å². The first kappa shape index (κ1) is 13.5. The normalized spacial score (nSPS) is 16.9. The van der Waals surface area contributed by atoms with Crippen molar-refractivity contribution in [3.8, 4) is 11.8 Å². The fraction of sp³-hybridized carbons (Fsp3) is 0.375. The van der Waals surface area contributed by atoms with Gasteiger partial charge in [-0.05, 0) is 31.4 Å². The quantitative estimate of drug-likeness (QED) is 0.936. The summed E-state index contributed by atoms with van der Waals surface area (Å²) in [5.74, 6) is 0.712. The zero-order valence-corrected chi connectivity index (χ0v) is 12.0. The number of fused-ring (bicyclic) bond motifs is 1. The summed E-state index contributed by atoms with van der Waals surface area (Å²) in [6.07, 6.45) is 5.31. The molecule has 1 aromatic heterocycles. The van der Waals surface area contributed by atoms with Crippen LogP contribution in [-0.2, 0) is 13.5 Å². The Hall–Kier alpha value is -2.48. The molecule has 0 radical (unpaired) electrons. The Morgan fingerprint density at radius 2 is 2.43 bits per heavy atom. The lowest BCUT2D eigenvalue weighted by molar-refractivity contribution is 0.368. The maximum atomic E-state index is 8.57. The lowest BCUT2D eigenvalue weighted by Crippen LogP contribution is -2.17. The Morgan fingerprint density at radius 3 is 3.29 bits per heavy atom. The Kier molecular flexibility index (Phi) is 3.78. The molecule has 21 heavy (non-hydrogen) atoms. The second-order valence-corrected chi connectivity index (χ2v) is 5.23. The number of rotatable bonds is 4. The van der Waals surface area contributed by atoms with E-state index >= 15 is 0 Å². The van der Waals surface area contributed by atoms with E-state index in [9.17, 15) is 0 Å². The highest BCUT2D eigenvalue weighted by Gasteiger charge is 2.23. The van der Waals surface area contributed by atoms with E-state index in [1.54, 1.807) is 0 Å². The van der Waals surface area contributed by atoms with E-state index in [4.69, 9.17) is 10.00 Å². The van der Waals surface area contributed by atoms with Gasteiger partial charge in [0.25, 0.3) is 0 Å². The minimum absolute atomic E-state index is 0.0691. The zero-order chi connectivity index (χ0) is 14.7. The van der Waals surface area contributed by atoms with Crippen molar-refractivity contribution in [1.29, 1.82) is 5.26 Å². The van der Waals surface area contributed by atoms with Gasteiger partial charge in [-0.3, -0.25) is 4.68 Å². The molecule has 3 rings (SSSR count). The molecule has 2 aromatic rings. The monoisotopic (exact) mass is 282 g/mol. The van der Waals surface area contributed by atoms with E-state index in [1.165, 1.54) is 11.3 Å². The number of ether oxygens (including phenoxy) is 1. The number of hydrogen-bond donors (Lipinski definition) is 1. The van der Waals surface area contributed by atoms with Gasteiger partial charge < -0.3 is 10.1 Å². The predicted molar refractivity (Wildman–Crippen MR) is 80.1 cm³/mol. The van der Waals surface area contributed by atoms with Gasteiger partial charge in [-0.25, -0.2) is 0 Å². The molecule has 1 aromatic carbocycles. The number of nitriles is 1. The number of nitrogens with one attached hydrogen (secondary N) is 1. The van der Waals surface area contributed by atoms with E-state index in [0.29, 0.717) is 5.75 Å². The summed E-state index contributed by atoms with van der Waals surface area (Å²) < 4.78 is 7.31. The highest BCUT2D eigenvalue weighted by molar-refractivity contribution is 5.50. The topological polar surface area (TPSA) is 62.9 Å². The lowest BCUT2D eigenvalue weighted by atomic mass is 9.93. The third kappa shape index (κ3) is 2.84. The van der Waals surface area contributed by atoms with Crippen LogP contribution in [0.15, 0.2) is 30.5 Å². The van der Waals surface area contributed by atoms with E-state index in [1.807, 2.05) is 48.3 Å². The molecule has 0 saturated carbocycles. The van der Waals surface area contributed by atoms with E-state index in [-0.39, 0.29) is 12.6 Å². The van der Waals surface area contributed by atoms with Crippen molar-refractivity contribution in [2.24, 2.45) is 7.05 Å². The van der Waals surface area contributed by atoms with Crippen molar-refractivity contribution < 1.29 is 4.74 Å². The molecule has 5 nitrogen and oxygen atoms in total. The average Bonchev–Trinajstić information content (AvgIpc) is 2.88. The standard InChI is InChI=1S/C16H18N4O/c1-20-16-7-3-6-15(14(16)11-18-20)19-12-4-2-5-13(10-12)21-9-8-17/h2,4-5,10-11,15,19H,3,6-7,9H2,1H3. The van der Waals surface area contributed by atoms with Crippen LogP contribution in [0.1, 0.15) is 30.1 Å². The second-order valence-electron chi connectivity index (χ2n) is 5.23. The molecule has 1 unspecified atom stereocenters. The van der Waals surface area contributed by atoms with Gasteiger partial charge in [-0.2, -0.15) is 10.4 Å². The molecule has 0 bridgehead atoms. The number of aromatic nitrogens is 2. The lowest BCUT2D eigenvalue weighted by Gasteiger charge is -2.25. The number of hydrogen-bond acceptors (Lipinski definition) is 4. The average molecular weight is 282 g/mol. The van der Waals surface area contributed by atoms with Crippen LogP contribution in [0.5, 0.6) is 5.75 Å². The zero-order valence-electron chi connectivity index (χ0n) is 12.0. The molecular weight excluding hydrogens is 264 g/mol. The van der Waals surface area contributed by atoms with Gasteiger partial charge >= 0.3 is 0 Å². The molecule has 1 N–H and O–H groups in total. The maximum absolute atomic E-state index is 8.57. The van der Waals surface area contributed by atoms with Gasteiger partial charge in [-0.1, -0.05) is 6.07 Å². The highest BCUT2D eigenvalue weighted by Crippen LogP contribution is 2.32. The third-order valence-corrected chi connectivity index (χ3v) is 3.85.